The number of hydrogen-bond donors (Lipinski definition) is 1. The second kappa shape index (κ2) is 7.81. The predicted octanol–water partition coefficient (Wildman–Crippen LogP) is 4.36. The molecule has 0 radical (unpaired) electrons. The predicted molar refractivity (Wildman–Crippen MR) is 84.4 cm³/mol. The fourth-order valence-corrected chi connectivity index (χ4v) is 2.75. The maximum absolute atomic E-state index is 12.3. The highest BCUT2D eigenvalue weighted by atomic mass is 32.2. The maximum atomic E-state index is 12.3. The first-order valence-corrected chi connectivity index (χ1v) is 8.33. The summed E-state index contributed by atoms with van der Waals surface area (Å²) in [5.41, 5.74) is 1.23. The largest absolute Gasteiger partial charge is 0.242 e. The van der Waals surface area contributed by atoms with Crippen molar-refractivity contribution < 1.29 is 4.21 Å². The molecule has 0 spiro atoms. The highest BCUT2D eigenvalue weighted by Crippen LogP contribution is 2.22. The Morgan fingerprint density at radius 3 is 2.32 bits per heavy atom. The van der Waals surface area contributed by atoms with E-state index in [-0.39, 0.29) is 10.8 Å². The van der Waals surface area contributed by atoms with Crippen LogP contribution < -0.4 is 4.72 Å². The SMILES string of the molecule is CCCCC[C@@H](N[S@](=O)C(C)(C)C)c1ccccc1. The minimum atomic E-state index is -1.02. The number of benzene rings is 1. The molecule has 1 aromatic carbocycles. The zero-order valence-corrected chi connectivity index (χ0v) is 13.4. The molecule has 1 rings (SSSR count). The highest BCUT2D eigenvalue weighted by Gasteiger charge is 2.23. The summed E-state index contributed by atoms with van der Waals surface area (Å²) in [5.74, 6) is 0. The van der Waals surface area contributed by atoms with Crippen LogP contribution in [0.1, 0.15) is 65.0 Å². The summed E-state index contributed by atoms with van der Waals surface area (Å²) in [5, 5.41) is 0. The van der Waals surface area contributed by atoms with E-state index in [1.54, 1.807) is 0 Å². The minimum absolute atomic E-state index is 0.188. The van der Waals surface area contributed by atoms with Gasteiger partial charge in [-0.1, -0.05) is 56.5 Å². The molecule has 2 nitrogen and oxygen atoms in total. The molecule has 0 aromatic heterocycles. The van der Waals surface area contributed by atoms with Crippen LogP contribution in [-0.2, 0) is 11.0 Å². The van der Waals surface area contributed by atoms with Gasteiger partial charge in [-0.2, -0.15) is 0 Å². The summed E-state index contributed by atoms with van der Waals surface area (Å²) >= 11 is 0. The number of rotatable bonds is 7. The standard InChI is InChI=1S/C16H27NOS/c1-5-6-8-13-15(14-11-9-7-10-12-14)17-19(18)16(2,3)4/h7,9-12,15,17H,5-6,8,13H2,1-4H3/t15-,19-/m1/s1. The lowest BCUT2D eigenvalue weighted by Crippen LogP contribution is -2.35. The van der Waals surface area contributed by atoms with E-state index in [0.717, 1.165) is 6.42 Å². The Morgan fingerprint density at radius 2 is 1.79 bits per heavy atom. The monoisotopic (exact) mass is 281 g/mol. The van der Waals surface area contributed by atoms with Crippen molar-refractivity contribution in [1.82, 2.24) is 4.72 Å². The van der Waals surface area contributed by atoms with Gasteiger partial charge in [0.1, 0.15) is 0 Å². The minimum Gasteiger partial charge on any atom is -0.242 e. The van der Waals surface area contributed by atoms with Gasteiger partial charge < -0.3 is 0 Å². The van der Waals surface area contributed by atoms with E-state index in [0.29, 0.717) is 0 Å². The molecule has 108 valence electrons. The Kier molecular flexibility index (Phi) is 6.73. The molecular weight excluding hydrogens is 254 g/mol. The van der Waals surface area contributed by atoms with Crippen molar-refractivity contribution in [3.05, 3.63) is 35.9 Å². The van der Waals surface area contributed by atoms with Gasteiger partial charge >= 0.3 is 0 Å². The maximum Gasteiger partial charge on any atom is 0.0975 e. The molecule has 0 fully saturated rings. The molecule has 1 N–H and O–H groups in total. The molecule has 3 heteroatoms. The summed E-state index contributed by atoms with van der Waals surface area (Å²) in [4.78, 5) is 0. The van der Waals surface area contributed by atoms with Gasteiger partial charge in [-0.25, -0.2) is 8.93 Å². The van der Waals surface area contributed by atoms with Gasteiger partial charge in [0.25, 0.3) is 0 Å². The molecular formula is C16H27NOS. The molecule has 0 heterocycles. The van der Waals surface area contributed by atoms with Crippen molar-refractivity contribution in [3.8, 4) is 0 Å². The average molecular weight is 281 g/mol. The summed E-state index contributed by atoms with van der Waals surface area (Å²) in [6, 6.07) is 10.5. The van der Waals surface area contributed by atoms with E-state index >= 15 is 0 Å². The number of unbranched alkanes of at least 4 members (excludes halogenated alkanes) is 2. The first kappa shape index (κ1) is 16.4. The Balaban J connectivity index is 2.73. The van der Waals surface area contributed by atoms with Crippen LogP contribution in [0.2, 0.25) is 0 Å². The Bertz CT molecular complexity index is 383. The Labute approximate surface area is 120 Å². The van der Waals surface area contributed by atoms with Gasteiger partial charge in [-0.3, -0.25) is 0 Å². The van der Waals surface area contributed by atoms with Crippen LogP contribution in [0.25, 0.3) is 0 Å². The van der Waals surface area contributed by atoms with E-state index < -0.39 is 11.0 Å². The third-order valence-electron chi connectivity index (χ3n) is 3.10. The van der Waals surface area contributed by atoms with Crippen LogP contribution in [0, 0.1) is 0 Å². The summed E-state index contributed by atoms with van der Waals surface area (Å²) in [6.45, 7) is 8.22. The van der Waals surface area contributed by atoms with Crippen LogP contribution in [0.15, 0.2) is 30.3 Å². The van der Waals surface area contributed by atoms with E-state index in [4.69, 9.17) is 0 Å². The molecule has 19 heavy (non-hydrogen) atoms. The van der Waals surface area contributed by atoms with Gasteiger partial charge in [0.05, 0.1) is 15.7 Å². The quantitative estimate of drug-likeness (QED) is 0.739. The third-order valence-corrected chi connectivity index (χ3v) is 4.71. The number of hydrogen-bond acceptors (Lipinski definition) is 1. The lowest BCUT2D eigenvalue weighted by Gasteiger charge is -2.24. The fourth-order valence-electron chi connectivity index (χ4n) is 1.88. The first-order valence-electron chi connectivity index (χ1n) is 7.18. The van der Waals surface area contributed by atoms with Crippen LogP contribution in [0.5, 0.6) is 0 Å². The van der Waals surface area contributed by atoms with Crippen LogP contribution in [0.4, 0.5) is 0 Å². The topological polar surface area (TPSA) is 29.1 Å². The Hall–Kier alpha value is -0.670. The van der Waals surface area contributed by atoms with Crippen molar-refractivity contribution in [2.24, 2.45) is 0 Å². The zero-order chi connectivity index (χ0) is 14.3. The van der Waals surface area contributed by atoms with Crippen molar-refractivity contribution in [3.63, 3.8) is 0 Å². The molecule has 0 bridgehead atoms. The van der Waals surface area contributed by atoms with Gasteiger partial charge in [0.2, 0.25) is 0 Å². The molecule has 0 aliphatic carbocycles. The van der Waals surface area contributed by atoms with E-state index in [9.17, 15) is 4.21 Å². The first-order chi connectivity index (χ1) is 8.95. The second-order valence-electron chi connectivity index (χ2n) is 5.96. The highest BCUT2D eigenvalue weighted by molar-refractivity contribution is 7.84. The van der Waals surface area contributed by atoms with Gasteiger partial charge in [0.15, 0.2) is 0 Å². The molecule has 0 aliphatic heterocycles. The summed E-state index contributed by atoms with van der Waals surface area (Å²) in [6.07, 6.45) is 4.65. The molecule has 0 saturated heterocycles. The molecule has 0 aliphatic rings. The van der Waals surface area contributed by atoms with Crippen LogP contribution in [0.3, 0.4) is 0 Å². The lowest BCUT2D eigenvalue weighted by atomic mass is 10.0. The van der Waals surface area contributed by atoms with Crippen molar-refractivity contribution in [2.75, 3.05) is 0 Å². The summed E-state index contributed by atoms with van der Waals surface area (Å²) in [7, 11) is -1.02. The van der Waals surface area contributed by atoms with E-state index in [1.807, 2.05) is 39.0 Å². The van der Waals surface area contributed by atoms with Gasteiger partial charge in [0, 0.05) is 6.04 Å². The third kappa shape index (κ3) is 5.87. The molecule has 0 unspecified atom stereocenters. The molecule has 1 aromatic rings. The number of nitrogens with one attached hydrogen (secondary N) is 1. The lowest BCUT2D eigenvalue weighted by molar-refractivity contribution is 0.536. The van der Waals surface area contributed by atoms with E-state index in [1.165, 1.54) is 24.8 Å². The smallest absolute Gasteiger partial charge is 0.0975 e. The zero-order valence-electron chi connectivity index (χ0n) is 12.6. The second-order valence-corrected chi connectivity index (χ2v) is 7.96. The molecule has 0 saturated carbocycles. The average Bonchev–Trinajstić information content (AvgIpc) is 2.37. The molecule has 0 amide bonds. The normalized spacial score (nSPS) is 15.2. The van der Waals surface area contributed by atoms with Crippen molar-refractivity contribution >= 4 is 11.0 Å². The van der Waals surface area contributed by atoms with Crippen LogP contribution >= 0.6 is 0 Å². The fraction of sp³-hybridized carbons (Fsp3) is 0.625. The van der Waals surface area contributed by atoms with Gasteiger partial charge in [-0.15, -0.1) is 0 Å². The Morgan fingerprint density at radius 1 is 1.16 bits per heavy atom. The van der Waals surface area contributed by atoms with Crippen molar-refractivity contribution in [2.45, 2.75) is 64.2 Å². The van der Waals surface area contributed by atoms with Crippen LogP contribution in [-0.4, -0.2) is 8.96 Å². The van der Waals surface area contributed by atoms with Gasteiger partial charge in [-0.05, 0) is 32.8 Å². The summed E-state index contributed by atoms with van der Waals surface area (Å²) < 4.78 is 15.4. The van der Waals surface area contributed by atoms with E-state index in [2.05, 4.69) is 23.8 Å². The van der Waals surface area contributed by atoms with Crippen molar-refractivity contribution in [1.29, 1.82) is 0 Å². The molecule has 2 atom stereocenters.